The number of para-hydroxylation sites is 1. The Morgan fingerprint density at radius 3 is 2.51 bits per heavy atom. The molecule has 192 valence electrons. The molecular weight excluding hydrogens is 517 g/mol. The highest BCUT2D eigenvalue weighted by molar-refractivity contribution is 6.42. The number of nitrogens with one attached hydrogen (secondary N) is 2. The van der Waals surface area contributed by atoms with Crippen molar-refractivity contribution in [3.8, 4) is 11.5 Å². The van der Waals surface area contributed by atoms with Gasteiger partial charge in [-0.2, -0.15) is 0 Å². The first kappa shape index (κ1) is 26.3. The van der Waals surface area contributed by atoms with Gasteiger partial charge < -0.3 is 25.0 Å². The molecule has 0 aromatic heterocycles. The molecule has 0 saturated carbocycles. The molecule has 37 heavy (non-hydrogen) atoms. The first-order chi connectivity index (χ1) is 17.8. The van der Waals surface area contributed by atoms with Crippen LogP contribution < -0.4 is 25.0 Å². The van der Waals surface area contributed by atoms with Gasteiger partial charge in [-0.05, 0) is 48.5 Å². The van der Waals surface area contributed by atoms with Crippen LogP contribution in [0.2, 0.25) is 10.0 Å². The fourth-order valence-corrected chi connectivity index (χ4v) is 4.25. The third kappa shape index (κ3) is 6.72. The van der Waals surface area contributed by atoms with E-state index in [1.54, 1.807) is 54.5 Å². The summed E-state index contributed by atoms with van der Waals surface area (Å²) in [5, 5.41) is 6.31. The lowest BCUT2D eigenvalue weighted by atomic mass is 10.1. The first-order valence-corrected chi connectivity index (χ1v) is 12.3. The minimum absolute atomic E-state index is 0.130. The molecule has 2 N–H and O–H groups in total. The van der Waals surface area contributed by atoms with Crippen LogP contribution in [0.3, 0.4) is 0 Å². The van der Waals surface area contributed by atoms with E-state index in [4.69, 9.17) is 32.7 Å². The van der Waals surface area contributed by atoms with Crippen LogP contribution in [0.1, 0.15) is 12.0 Å². The van der Waals surface area contributed by atoms with Crippen molar-refractivity contribution < 1.29 is 23.9 Å². The number of carbonyl (C=O) groups excluding carboxylic acids is 3. The Morgan fingerprint density at radius 2 is 1.78 bits per heavy atom. The number of benzene rings is 3. The van der Waals surface area contributed by atoms with Crippen molar-refractivity contribution in [3.63, 3.8) is 0 Å². The fraction of sp³-hybridized carbons (Fsp3) is 0.222. The lowest BCUT2D eigenvalue weighted by molar-refractivity contribution is -0.126. The Morgan fingerprint density at radius 1 is 1.03 bits per heavy atom. The lowest BCUT2D eigenvalue weighted by Gasteiger charge is -2.17. The summed E-state index contributed by atoms with van der Waals surface area (Å²) in [6, 6.07) is 19.0. The summed E-state index contributed by atoms with van der Waals surface area (Å²) in [4.78, 5) is 39.1. The molecule has 1 fully saturated rings. The second-order valence-electron chi connectivity index (χ2n) is 8.39. The van der Waals surface area contributed by atoms with E-state index in [2.05, 4.69) is 10.6 Å². The van der Waals surface area contributed by atoms with Crippen LogP contribution in [0.25, 0.3) is 0 Å². The first-order valence-electron chi connectivity index (χ1n) is 11.5. The molecular formula is C27H25Cl2N3O5. The summed E-state index contributed by atoms with van der Waals surface area (Å²) >= 11 is 11.8. The van der Waals surface area contributed by atoms with Gasteiger partial charge in [0.15, 0.2) is 6.61 Å². The van der Waals surface area contributed by atoms with E-state index in [-0.39, 0.29) is 37.3 Å². The number of halogens is 2. The van der Waals surface area contributed by atoms with E-state index in [9.17, 15) is 14.4 Å². The van der Waals surface area contributed by atoms with Gasteiger partial charge >= 0.3 is 0 Å². The van der Waals surface area contributed by atoms with Crippen LogP contribution >= 0.6 is 23.2 Å². The molecule has 3 aromatic carbocycles. The monoisotopic (exact) mass is 541 g/mol. The van der Waals surface area contributed by atoms with E-state index in [1.807, 2.05) is 24.3 Å². The molecule has 0 bridgehead atoms. The number of ether oxygens (including phenoxy) is 2. The molecule has 0 unspecified atom stereocenters. The topological polar surface area (TPSA) is 97.0 Å². The zero-order valence-corrected chi connectivity index (χ0v) is 21.5. The molecule has 10 heteroatoms. The number of methoxy groups -OCH3 is 1. The molecule has 3 aromatic rings. The molecule has 1 saturated heterocycles. The second-order valence-corrected chi connectivity index (χ2v) is 9.21. The SMILES string of the molecule is COc1ccccc1CNC(=O)[C@@H]1CC(=O)N(c2ccc(OCC(=O)Nc3ccc(Cl)c(Cl)c3)cc2)C1. The van der Waals surface area contributed by atoms with E-state index in [0.717, 1.165) is 5.56 Å². The number of carbonyl (C=O) groups is 3. The van der Waals surface area contributed by atoms with Crippen LogP contribution in [0.15, 0.2) is 66.7 Å². The maximum Gasteiger partial charge on any atom is 0.262 e. The zero-order valence-electron chi connectivity index (χ0n) is 20.0. The third-order valence-electron chi connectivity index (χ3n) is 5.86. The summed E-state index contributed by atoms with van der Waals surface area (Å²) in [5.74, 6) is 0.0241. The quantitative estimate of drug-likeness (QED) is 0.409. The number of nitrogens with zero attached hydrogens (tertiary/aromatic N) is 1. The average molecular weight is 542 g/mol. The van der Waals surface area contributed by atoms with Crippen LogP contribution in [0.4, 0.5) is 11.4 Å². The molecule has 3 amide bonds. The highest BCUT2D eigenvalue weighted by Crippen LogP contribution is 2.28. The summed E-state index contributed by atoms with van der Waals surface area (Å²) < 4.78 is 10.9. The van der Waals surface area contributed by atoms with Crippen molar-refractivity contribution >= 4 is 52.3 Å². The summed E-state index contributed by atoms with van der Waals surface area (Å²) in [6.07, 6.45) is 0.130. The number of rotatable bonds is 9. The van der Waals surface area contributed by atoms with E-state index >= 15 is 0 Å². The molecule has 1 aliphatic rings. The zero-order chi connectivity index (χ0) is 26.4. The van der Waals surface area contributed by atoms with E-state index < -0.39 is 5.92 Å². The molecule has 0 spiro atoms. The van der Waals surface area contributed by atoms with Crippen LogP contribution in [0.5, 0.6) is 11.5 Å². The fourth-order valence-electron chi connectivity index (χ4n) is 3.95. The van der Waals surface area contributed by atoms with Crippen LogP contribution in [-0.2, 0) is 20.9 Å². The van der Waals surface area contributed by atoms with Gasteiger partial charge in [-0.3, -0.25) is 14.4 Å². The predicted octanol–water partition coefficient (Wildman–Crippen LogP) is 4.69. The normalized spacial score (nSPS) is 14.8. The predicted molar refractivity (Wildman–Crippen MR) is 142 cm³/mol. The van der Waals surface area contributed by atoms with Crippen molar-refractivity contribution in [1.82, 2.24) is 5.32 Å². The molecule has 1 aliphatic heterocycles. The van der Waals surface area contributed by atoms with Crippen molar-refractivity contribution in [3.05, 3.63) is 82.3 Å². The van der Waals surface area contributed by atoms with E-state index in [0.29, 0.717) is 39.5 Å². The molecule has 0 aliphatic carbocycles. The van der Waals surface area contributed by atoms with Gasteiger partial charge in [-0.25, -0.2) is 0 Å². The summed E-state index contributed by atoms with van der Waals surface area (Å²) in [5.41, 5.74) is 2.02. The Hall–Kier alpha value is -3.75. The highest BCUT2D eigenvalue weighted by Gasteiger charge is 2.35. The third-order valence-corrected chi connectivity index (χ3v) is 6.60. The van der Waals surface area contributed by atoms with Crippen molar-refractivity contribution in [2.45, 2.75) is 13.0 Å². The van der Waals surface area contributed by atoms with Gasteiger partial charge in [-0.15, -0.1) is 0 Å². The average Bonchev–Trinajstić information content (AvgIpc) is 3.30. The van der Waals surface area contributed by atoms with Gasteiger partial charge in [-0.1, -0.05) is 41.4 Å². The molecule has 8 nitrogen and oxygen atoms in total. The van der Waals surface area contributed by atoms with Crippen LogP contribution in [0, 0.1) is 5.92 Å². The van der Waals surface area contributed by atoms with Crippen LogP contribution in [-0.4, -0.2) is 38.0 Å². The van der Waals surface area contributed by atoms with Gasteiger partial charge in [0, 0.05) is 36.4 Å². The Bertz CT molecular complexity index is 1300. The highest BCUT2D eigenvalue weighted by atomic mass is 35.5. The van der Waals surface area contributed by atoms with E-state index in [1.165, 1.54) is 0 Å². The minimum Gasteiger partial charge on any atom is -0.496 e. The van der Waals surface area contributed by atoms with Crippen molar-refractivity contribution in [2.75, 3.05) is 30.5 Å². The van der Waals surface area contributed by atoms with Crippen molar-refractivity contribution in [2.24, 2.45) is 5.92 Å². The van der Waals surface area contributed by atoms with Crippen molar-refractivity contribution in [1.29, 1.82) is 0 Å². The largest absolute Gasteiger partial charge is 0.496 e. The van der Waals surface area contributed by atoms with Gasteiger partial charge in [0.05, 0.1) is 23.1 Å². The second kappa shape index (κ2) is 12.0. The standard InChI is InChI=1S/C27H25Cl2N3O5/c1-36-24-5-3-2-4-17(24)14-30-27(35)18-12-26(34)32(15-18)20-7-9-21(10-8-20)37-16-25(33)31-19-6-11-22(28)23(29)13-19/h2-11,13,18H,12,14-16H2,1H3,(H,30,35)(H,31,33)/t18-/m1/s1. The molecule has 1 heterocycles. The minimum atomic E-state index is -0.455. The maximum atomic E-state index is 12.7. The van der Waals surface area contributed by atoms with Gasteiger partial charge in [0.25, 0.3) is 5.91 Å². The molecule has 0 radical (unpaired) electrons. The lowest BCUT2D eigenvalue weighted by Crippen LogP contribution is -2.32. The smallest absolute Gasteiger partial charge is 0.262 e. The number of anilines is 2. The molecule has 1 atom stereocenters. The molecule has 4 rings (SSSR count). The van der Waals surface area contributed by atoms with Gasteiger partial charge in [0.2, 0.25) is 11.8 Å². The number of amides is 3. The summed E-state index contributed by atoms with van der Waals surface area (Å²) in [7, 11) is 1.58. The van der Waals surface area contributed by atoms with Gasteiger partial charge in [0.1, 0.15) is 11.5 Å². The Kier molecular flexibility index (Phi) is 8.53. The number of hydrogen-bond donors (Lipinski definition) is 2. The Balaban J connectivity index is 1.27. The Labute approximate surface area is 224 Å². The summed E-state index contributed by atoms with van der Waals surface area (Å²) in [6.45, 7) is 0.387. The maximum absolute atomic E-state index is 12.7. The number of hydrogen-bond acceptors (Lipinski definition) is 5.